The number of hydrogen-bond donors (Lipinski definition) is 2. The number of nitrogens with one attached hydrogen (secondary N) is 1. The summed E-state index contributed by atoms with van der Waals surface area (Å²) < 4.78 is 1.04. The molecule has 3 rings (SSSR count). The number of para-hydroxylation sites is 1. The number of amides is 1. The van der Waals surface area contributed by atoms with Crippen LogP contribution in [0.1, 0.15) is 15.9 Å². The Morgan fingerprint density at radius 2 is 2.15 bits per heavy atom. The Hall–Kier alpha value is -2.47. The van der Waals surface area contributed by atoms with Gasteiger partial charge in [0, 0.05) is 6.20 Å². The average molecular weight is 284 g/mol. The molecule has 0 bridgehead atoms. The summed E-state index contributed by atoms with van der Waals surface area (Å²) in [5.41, 5.74) is 8.03. The molecule has 20 heavy (non-hydrogen) atoms. The Labute approximate surface area is 119 Å². The molecule has 3 N–H and O–H groups in total. The molecule has 1 amide bonds. The lowest BCUT2D eigenvalue weighted by Crippen LogP contribution is -2.14. The number of nitrogens with zero attached hydrogens (tertiary/aromatic N) is 2. The lowest BCUT2D eigenvalue weighted by molar-refractivity contribution is 0.102. The second-order valence-electron chi connectivity index (χ2n) is 4.33. The lowest BCUT2D eigenvalue weighted by Gasteiger charge is -2.03. The van der Waals surface area contributed by atoms with Crippen LogP contribution in [-0.2, 0) is 0 Å². The first-order valence-corrected chi connectivity index (χ1v) is 6.85. The molecular formula is C14H12N4OS. The molecule has 0 unspecified atom stereocenters. The minimum absolute atomic E-state index is 0.210. The van der Waals surface area contributed by atoms with E-state index in [0.717, 1.165) is 15.8 Å². The van der Waals surface area contributed by atoms with Gasteiger partial charge in [-0.2, -0.15) is 0 Å². The van der Waals surface area contributed by atoms with Crippen LogP contribution >= 0.6 is 11.3 Å². The monoisotopic (exact) mass is 284 g/mol. The van der Waals surface area contributed by atoms with Gasteiger partial charge in [-0.15, -0.1) is 0 Å². The molecule has 0 saturated carbocycles. The average Bonchev–Trinajstić information content (AvgIpc) is 2.83. The fourth-order valence-corrected chi connectivity index (χ4v) is 2.85. The first-order chi connectivity index (χ1) is 9.65. The van der Waals surface area contributed by atoms with Gasteiger partial charge in [0.15, 0.2) is 5.13 Å². The molecule has 100 valence electrons. The molecule has 0 spiro atoms. The number of thiazole rings is 1. The molecule has 6 heteroatoms. The zero-order valence-corrected chi connectivity index (χ0v) is 11.6. The van der Waals surface area contributed by atoms with E-state index in [-0.39, 0.29) is 11.7 Å². The number of pyridine rings is 1. The third kappa shape index (κ3) is 2.21. The van der Waals surface area contributed by atoms with Crippen LogP contribution in [-0.4, -0.2) is 15.9 Å². The zero-order valence-electron chi connectivity index (χ0n) is 10.8. The first-order valence-electron chi connectivity index (χ1n) is 6.03. The highest BCUT2D eigenvalue weighted by Crippen LogP contribution is 2.28. The maximum absolute atomic E-state index is 12.1. The van der Waals surface area contributed by atoms with Crippen molar-refractivity contribution in [2.45, 2.75) is 6.92 Å². The van der Waals surface area contributed by atoms with E-state index in [9.17, 15) is 4.79 Å². The van der Waals surface area contributed by atoms with Crippen LogP contribution in [0, 0.1) is 6.92 Å². The minimum Gasteiger partial charge on any atom is -0.383 e. The van der Waals surface area contributed by atoms with Crippen LogP contribution in [0.4, 0.5) is 10.9 Å². The molecule has 0 aliphatic carbocycles. The van der Waals surface area contributed by atoms with Crippen molar-refractivity contribution in [2.24, 2.45) is 0 Å². The molecule has 0 aliphatic rings. The Morgan fingerprint density at radius 3 is 2.90 bits per heavy atom. The summed E-state index contributed by atoms with van der Waals surface area (Å²) in [5, 5.41) is 3.32. The maximum Gasteiger partial charge on any atom is 0.261 e. The number of anilines is 2. The van der Waals surface area contributed by atoms with Crippen LogP contribution in [0.25, 0.3) is 10.2 Å². The quantitative estimate of drug-likeness (QED) is 0.758. The normalized spacial score (nSPS) is 10.7. The van der Waals surface area contributed by atoms with Gasteiger partial charge in [0.25, 0.3) is 5.91 Å². The SMILES string of the molecule is Cc1cccc2sc(NC(=O)c3cccnc3N)nc12. The van der Waals surface area contributed by atoms with Crippen LogP contribution in [0.3, 0.4) is 0 Å². The molecule has 5 nitrogen and oxygen atoms in total. The summed E-state index contributed by atoms with van der Waals surface area (Å²) in [4.78, 5) is 20.5. The van der Waals surface area contributed by atoms with E-state index < -0.39 is 0 Å². The maximum atomic E-state index is 12.1. The van der Waals surface area contributed by atoms with E-state index in [2.05, 4.69) is 15.3 Å². The standard InChI is InChI=1S/C14H12N4OS/c1-8-4-2-6-10-11(8)17-14(20-10)18-13(19)9-5-3-7-16-12(9)15/h2-7H,1H3,(H2,15,16)(H,17,18,19). The molecule has 3 aromatic rings. The van der Waals surface area contributed by atoms with E-state index >= 15 is 0 Å². The van der Waals surface area contributed by atoms with Crippen molar-refractivity contribution in [1.82, 2.24) is 9.97 Å². The fourth-order valence-electron chi connectivity index (χ4n) is 1.91. The van der Waals surface area contributed by atoms with Crippen molar-refractivity contribution in [3.63, 3.8) is 0 Å². The van der Waals surface area contributed by atoms with Crippen molar-refractivity contribution < 1.29 is 4.79 Å². The number of carbonyl (C=O) groups is 1. The number of carbonyl (C=O) groups excluding carboxylic acids is 1. The van der Waals surface area contributed by atoms with Gasteiger partial charge in [-0.1, -0.05) is 23.5 Å². The Balaban J connectivity index is 1.92. The molecule has 1 aromatic carbocycles. The second-order valence-corrected chi connectivity index (χ2v) is 5.36. The summed E-state index contributed by atoms with van der Waals surface area (Å²) in [6.07, 6.45) is 1.55. The zero-order chi connectivity index (χ0) is 14.1. The molecule has 0 radical (unpaired) electrons. The van der Waals surface area contributed by atoms with Gasteiger partial charge in [0.1, 0.15) is 5.82 Å². The van der Waals surface area contributed by atoms with E-state index in [1.54, 1.807) is 18.3 Å². The summed E-state index contributed by atoms with van der Waals surface area (Å²) in [7, 11) is 0. The van der Waals surface area contributed by atoms with Gasteiger partial charge in [-0.05, 0) is 30.7 Å². The van der Waals surface area contributed by atoms with Gasteiger partial charge in [0.2, 0.25) is 0 Å². The van der Waals surface area contributed by atoms with Gasteiger partial charge in [-0.25, -0.2) is 9.97 Å². The number of aromatic nitrogens is 2. The van der Waals surface area contributed by atoms with Crippen molar-refractivity contribution in [3.8, 4) is 0 Å². The van der Waals surface area contributed by atoms with Crippen molar-refractivity contribution >= 4 is 38.4 Å². The van der Waals surface area contributed by atoms with E-state index in [4.69, 9.17) is 5.73 Å². The second kappa shape index (κ2) is 4.90. The number of nitrogen functional groups attached to an aromatic ring is 1. The van der Waals surface area contributed by atoms with Crippen molar-refractivity contribution in [3.05, 3.63) is 47.7 Å². The number of aryl methyl sites for hydroxylation is 1. The molecule has 0 atom stereocenters. The molecule has 0 fully saturated rings. The predicted octanol–water partition coefficient (Wildman–Crippen LogP) is 2.83. The summed E-state index contributed by atoms with van der Waals surface area (Å²) >= 11 is 1.44. The lowest BCUT2D eigenvalue weighted by atomic mass is 10.2. The summed E-state index contributed by atoms with van der Waals surface area (Å²) in [6, 6.07) is 9.26. The Morgan fingerprint density at radius 1 is 1.30 bits per heavy atom. The molecule has 2 heterocycles. The van der Waals surface area contributed by atoms with Crippen LogP contribution in [0.2, 0.25) is 0 Å². The van der Waals surface area contributed by atoms with E-state index in [0.29, 0.717) is 10.7 Å². The first kappa shape index (κ1) is 12.6. The van der Waals surface area contributed by atoms with Crippen LogP contribution in [0.5, 0.6) is 0 Å². The Kier molecular flexibility index (Phi) is 3.08. The van der Waals surface area contributed by atoms with E-state index in [1.807, 2.05) is 25.1 Å². The largest absolute Gasteiger partial charge is 0.383 e. The summed E-state index contributed by atoms with van der Waals surface area (Å²) in [6.45, 7) is 1.99. The number of rotatable bonds is 2. The number of nitrogens with two attached hydrogens (primary N) is 1. The van der Waals surface area contributed by atoms with Crippen molar-refractivity contribution in [1.29, 1.82) is 0 Å². The highest BCUT2D eigenvalue weighted by Gasteiger charge is 2.13. The minimum atomic E-state index is -0.299. The number of fused-ring (bicyclic) bond motifs is 1. The van der Waals surface area contributed by atoms with Gasteiger partial charge < -0.3 is 5.73 Å². The summed E-state index contributed by atoms with van der Waals surface area (Å²) in [5.74, 6) is -0.0883. The van der Waals surface area contributed by atoms with Gasteiger partial charge in [0.05, 0.1) is 15.8 Å². The predicted molar refractivity (Wildman–Crippen MR) is 81.0 cm³/mol. The topological polar surface area (TPSA) is 80.9 Å². The fraction of sp³-hybridized carbons (Fsp3) is 0.0714. The van der Waals surface area contributed by atoms with Crippen LogP contribution < -0.4 is 11.1 Å². The number of hydrogen-bond acceptors (Lipinski definition) is 5. The highest BCUT2D eigenvalue weighted by molar-refractivity contribution is 7.22. The molecule has 0 aliphatic heterocycles. The third-order valence-electron chi connectivity index (χ3n) is 2.92. The smallest absolute Gasteiger partial charge is 0.261 e. The highest BCUT2D eigenvalue weighted by atomic mass is 32.1. The van der Waals surface area contributed by atoms with Crippen molar-refractivity contribution in [2.75, 3.05) is 11.1 Å². The Bertz CT molecular complexity index is 797. The molecule has 0 saturated heterocycles. The molecule has 2 aromatic heterocycles. The van der Waals surface area contributed by atoms with Gasteiger partial charge in [-0.3, -0.25) is 10.1 Å². The molecular weight excluding hydrogens is 272 g/mol. The number of benzene rings is 1. The third-order valence-corrected chi connectivity index (χ3v) is 3.86. The van der Waals surface area contributed by atoms with Crippen LogP contribution in [0.15, 0.2) is 36.5 Å². The van der Waals surface area contributed by atoms with Gasteiger partial charge >= 0.3 is 0 Å². The van der Waals surface area contributed by atoms with E-state index in [1.165, 1.54) is 11.3 Å².